The second-order valence-electron chi connectivity index (χ2n) is 3.70. The van der Waals surface area contributed by atoms with Crippen LogP contribution in [-0.4, -0.2) is 9.55 Å². The summed E-state index contributed by atoms with van der Waals surface area (Å²) < 4.78 is 32.3. The van der Waals surface area contributed by atoms with Gasteiger partial charge >= 0.3 is 6.55 Å². The van der Waals surface area contributed by atoms with Gasteiger partial charge in [0, 0.05) is 12.4 Å². The van der Waals surface area contributed by atoms with E-state index in [0.717, 1.165) is 14.6 Å². The number of ether oxygens (including phenoxy) is 1. The zero-order valence-electron chi connectivity index (χ0n) is 9.61. The van der Waals surface area contributed by atoms with Gasteiger partial charge in [0.05, 0.1) is 4.47 Å². The fourth-order valence-corrected chi connectivity index (χ4v) is 2.15. The van der Waals surface area contributed by atoms with Crippen molar-refractivity contribution in [3.8, 4) is 5.75 Å². The van der Waals surface area contributed by atoms with Gasteiger partial charge in [-0.05, 0) is 34.5 Å². The number of nitrogens with zero attached hydrogens (tertiary/aromatic N) is 2. The van der Waals surface area contributed by atoms with Gasteiger partial charge in [0.1, 0.15) is 12.4 Å². The molecule has 3 nitrogen and oxygen atoms in total. The van der Waals surface area contributed by atoms with Gasteiger partial charge < -0.3 is 4.74 Å². The monoisotopic (exact) mass is 316 g/mol. The molecule has 0 amide bonds. The van der Waals surface area contributed by atoms with Crippen LogP contribution in [0, 0.1) is 6.92 Å². The Balaban J connectivity index is 2.14. The first-order valence-electron chi connectivity index (χ1n) is 5.27. The first-order chi connectivity index (χ1) is 8.59. The number of aromatic nitrogens is 2. The first-order valence-corrected chi connectivity index (χ1v) is 6.06. The highest BCUT2D eigenvalue weighted by Gasteiger charge is 2.13. The van der Waals surface area contributed by atoms with E-state index in [4.69, 9.17) is 4.74 Å². The molecule has 6 heteroatoms. The molecule has 0 saturated carbocycles. The summed E-state index contributed by atoms with van der Waals surface area (Å²) >= 11 is 3.36. The highest BCUT2D eigenvalue weighted by atomic mass is 79.9. The third-order valence-corrected chi connectivity index (χ3v) is 3.09. The summed E-state index contributed by atoms with van der Waals surface area (Å²) in [6.45, 7) is -0.716. The Kier molecular flexibility index (Phi) is 3.96. The molecule has 1 heterocycles. The van der Waals surface area contributed by atoms with E-state index in [1.807, 2.05) is 25.1 Å². The van der Waals surface area contributed by atoms with Crippen molar-refractivity contribution in [2.24, 2.45) is 0 Å². The second-order valence-corrected chi connectivity index (χ2v) is 4.56. The van der Waals surface area contributed by atoms with Crippen LogP contribution in [0.2, 0.25) is 0 Å². The van der Waals surface area contributed by atoms with Crippen LogP contribution in [0.4, 0.5) is 8.78 Å². The predicted octanol–water partition coefficient (Wildman–Crippen LogP) is 3.93. The van der Waals surface area contributed by atoms with Crippen LogP contribution in [-0.2, 0) is 6.61 Å². The molecule has 96 valence electrons. The number of rotatable bonds is 4. The molecule has 0 aliphatic rings. The van der Waals surface area contributed by atoms with Crippen LogP contribution in [0.25, 0.3) is 0 Å². The van der Waals surface area contributed by atoms with Crippen molar-refractivity contribution >= 4 is 15.9 Å². The molecule has 0 unspecified atom stereocenters. The maximum atomic E-state index is 12.6. The van der Waals surface area contributed by atoms with Crippen LogP contribution >= 0.6 is 15.9 Å². The molecule has 0 bridgehead atoms. The maximum absolute atomic E-state index is 12.6. The second kappa shape index (κ2) is 5.48. The number of aryl methyl sites for hydroxylation is 1. The van der Waals surface area contributed by atoms with Crippen LogP contribution in [0.1, 0.15) is 17.9 Å². The lowest BCUT2D eigenvalue weighted by molar-refractivity contribution is 0.0632. The molecule has 0 aliphatic carbocycles. The summed E-state index contributed by atoms with van der Waals surface area (Å²) in [6.07, 6.45) is 2.56. The van der Waals surface area contributed by atoms with Crippen molar-refractivity contribution in [2.75, 3.05) is 0 Å². The van der Waals surface area contributed by atoms with Crippen molar-refractivity contribution in [1.29, 1.82) is 0 Å². The zero-order chi connectivity index (χ0) is 13.1. The molecule has 2 aromatic rings. The summed E-state index contributed by atoms with van der Waals surface area (Å²) in [7, 11) is 0. The summed E-state index contributed by atoms with van der Waals surface area (Å²) in [5, 5.41) is 0. The van der Waals surface area contributed by atoms with Gasteiger partial charge in [-0.25, -0.2) is 4.98 Å². The van der Waals surface area contributed by atoms with Gasteiger partial charge in [0.25, 0.3) is 0 Å². The van der Waals surface area contributed by atoms with Gasteiger partial charge in [-0.15, -0.1) is 0 Å². The third kappa shape index (κ3) is 2.69. The Hall–Kier alpha value is -1.43. The van der Waals surface area contributed by atoms with Crippen molar-refractivity contribution in [1.82, 2.24) is 9.55 Å². The van der Waals surface area contributed by atoms with Crippen molar-refractivity contribution < 1.29 is 13.5 Å². The molecule has 0 atom stereocenters. The molecule has 1 aromatic carbocycles. The molecule has 0 aliphatic heterocycles. The minimum Gasteiger partial charge on any atom is -0.484 e. The van der Waals surface area contributed by atoms with E-state index in [0.29, 0.717) is 5.75 Å². The van der Waals surface area contributed by atoms with E-state index in [9.17, 15) is 8.78 Å². The summed E-state index contributed by atoms with van der Waals surface area (Å²) in [5.41, 5.74) is 0.930. The maximum Gasteiger partial charge on any atom is 0.320 e. The Morgan fingerprint density at radius 2 is 2.22 bits per heavy atom. The van der Waals surface area contributed by atoms with Gasteiger partial charge in [-0.2, -0.15) is 8.78 Å². The molecule has 0 fully saturated rings. The quantitative estimate of drug-likeness (QED) is 0.854. The van der Waals surface area contributed by atoms with Gasteiger partial charge in [-0.1, -0.05) is 12.1 Å². The summed E-state index contributed by atoms with van der Waals surface area (Å²) in [4.78, 5) is 3.85. The highest BCUT2D eigenvalue weighted by Crippen LogP contribution is 2.29. The predicted molar refractivity (Wildman–Crippen MR) is 66.7 cm³/mol. The molecule has 0 radical (unpaired) electrons. The Morgan fingerprint density at radius 3 is 2.89 bits per heavy atom. The Labute approximate surface area is 112 Å². The van der Waals surface area contributed by atoms with Crippen molar-refractivity contribution in [3.05, 3.63) is 46.5 Å². The van der Waals surface area contributed by atoms with E-state index >= 15 is 0 Å². The fourth-order valence-electron chi connectivity index (χ4n) is 1.57. The van der Waals surface area contributed by atoms with E-state index < -0.39 is 6.55 Å². The third-order valence-electron chi connectivity index (χ3n) is 2.47. The topological polar surface area (TPSA) is 27.1 Å². The van der Waals surface area contributed by atoms with Crippen LogP contribution in [0.5, 0.6) is 5.75 Å². The molecular formula is C12H11BrF2N2O. The fraction of sp³-hybridized carbons (Fsp3) is 0.250. The standard InChI is InChI=1S/C12H11BrF2N2O/c1-8-3-2-4-9(13)11(8)18-7-10-16-5-6-17(10)12(14)15/h2-6,12H,7H2,1H3. The number of hydrogen-bond acceptors (Lipinski definition) is 2. The molecule has 0 saturated heterocycles. The van der Waals surface area contributed by atoms with Gasteiger partial charge in [0.2, 0.25) is 0 Å². The molecule has 0 N–H and O–H groups in total. The Morgan fingerprint density at radius 1 is 1.44 bits per heavy atom. The number of hydrogen-bond donors (Lipinski definition) is 0. The lowest BCUT2D eigenvalue weighted by Gasteiger charge is -2.11. The average Bonchev–Trinajstić information content (AvgIpc) is 2.76. The normalized spacial score (nSPS) is 10.9. The van der Waals surface area contributed by atoms with Crippen LogP contribution < -0.4 is 4.74 Å². The SMILES string of the molecule is Cc1cccc(Br)c1OCc1nccn1C(F)F. The van der Waals surface area contributed by atoms with Crippen molar-refractivity contribution in [3.63, 3.8) is 0 Å². The minimum atomic E-state index is -2.61. The van der Waals surface area contributed by atoms with E-state index in [2.05, 4.69) is 20.9 Å². The minimum absolute atomic E-state index is 0.000787. The van der Waals surface area contributed by atoms with E-state index in [1.165, 1.54) is 12.4 Å². The molecule has 2 rings (SSSR count). The van der Waals surface area contributed by atoms with Gasteiger partial charge in [-0.3, -0.25) is 4.57 Å². The van der Waals surface area contributed by atoms with Crippen LogP contribution in [0.15, 0.2) is 35.1 Å². The number of benzene rings is 1. The number of para-hydroxylation sites is 1. The lowest BCUT2D eigenvalue weighted by Crippen LogP contribution is -2.07. The van der Waals surface area contributed by atoms with E-state index in [-0.39, 0.29) is 12.4 Å². The largest absolute Gasteiger partial charge is 0.484 e. The lowest BCUT2D eigenvalue weighted by atomic mass is 10.2. The molecule has 1 aromatic heterocycles. The molecule has 18 heavy (non-hydrogen) atoms. The van der Waals surface area contributed by atoms with Crippen molar-refractivity contribution in [2.45, 2.75) is 20.1 Å². The molecule has 0 spiro atoms. The summed E-state index contributed by atoms with van der Waals surface area (Å²) in [5.74, 6) is 0.835. The number of halogens is 3. The number of alkyl halides is 2. The Bertz CT molecular complexity index is 522. The average molecular weight is 317 g/mol. The zero-order valence-corrected chi connectivity index (χ0v) is 11.2. The molecular weight excluding hydrogens is 306 g/mol. The smallest absolute Gasteiger partial charge is 0.320 e. The van der Waals surface area contributed by atoms with Gasteiger partial charge in [0.15, 0.2) is 5.82 Å². The number of imidazole rings is 1. The highest BCUT2D eigenvalue weighted by molar-refractivity contribution is 9.10. The first kappa shape index (κ1) is 13.0. The van der Waals surface area contributed by atoms with Crippen LogP contribution in [0.3, 0.4) is 0 Å². The summed E-state index contributed by atoms with van der Waals surface area (Å²) in [6, 6.07) is 5.61. The van der Waals surface area contributed by atoms with E-state index in [1.54, 1.807) is 0 Å².